The smallest absolute Gasteiger partial charge is 0.229 e. The Morgan fingerprint density at radius 2 is 1.86 bits per heavy atom. The maximum atomic E-state index is 6.61. The van der Waals surface area contributed by atoms with E-state index in [0.29, 0.717) is 34.9 Å². The van der Waals surface area contributed by atoms with E-state index in [1.54, 1.807) is 37.6 Å². The molecule has 0 saturated carbocycles. The minimum Gasteiger partial charge on any atom is -0.494 e. The summed E-state index contributed by atoms with van der Waals surface area (Å²) < 4.78 is 7.96. The molecular weight excluding hydrogens is 594 g/mol. The van der Waals surface area contributed by atoms with Crippen molar-refractivity contribution in [1.82, 2.24) is 24.8 Å². The quantitative estimate of drug-likeness (QED) is 0.178. The molecule has 4 aromatic rings. The van der Waals surface area contributed by atoms with Gasteiger partial charge in [0.15, 0.2) is 5.82 Å². The number of halogens is 1. The normalized spacial score (nSPS) is 18.2. The summed E-state index contributed by atoms with van der Waals surface area (Å²) in [5.41, 5.74) is 6.64. The molecule has 3 fully saturated rings. The van der Waals surface area contributed by atoms with Gasteiger partial charge in [-0.05, 0) is 56.9 Å². The van der Waals surface area contributed by atoms with Gasteiger partial charge >= 0.3 is 0 Å². The van der Waals surface area contributed by atoms with E-state index in [4.69, 9.17) is 21.3 Å². The molecule has 3 saturated heterocycles. The second-order valence-corrected chi connectivity index (χ2v) is 12.9. The van der Waals surface area contributed by atoms with Crippen LogP contribution in [0.3, 0.4) is 0 Å². The van der Waals surface area contributed by atoms with Crippen molar-refractivity contribution in [3.63, 3.8) is 0 Å². The number of fused-ring (bicyclic) bond motifs is 4. The molecule has 7 rings (SSSR count). The number of piperazine rings is 1. The van der Waals surface area contributed by atoms with Gasteiger partial charge in [-0.3, -0.25) is 14.9 Å². The lowest BCUT2D eigenvalue weighted by Crippen LogP contribution is -2.64. The van der Waals surface area contributed by atoms with Crippen LogP contribution in [0.5, 0.6) is 5.75 Å². The number of aryl methyl sites for hydroxylation is 1. The Balaban J connectivity index is 1.29. The number of nitrogens with one attached hydrogen (secondary N) is 2. The SMILES string of the molecule is CCc1cc(Nc2ncc(Cl)c(Nc3ccc4nccnc4c3N(C)SC)n2)c(OC)cc1N1CC2CCC1CN2C(C)C. The number of benzene rings is 2. The van der Waals surface area contributed by atoms with Crippen molar-refractivity contribution in [1.29, 1.82) is 0 Å². The van der Waals surface area contributed by atoms with Crippen molar-refractivity contribution in [2.24, 2.45) is 0 Å². The van der Waals surface area contributed by atoms with Gasteiger partial charge in [0.1, 0.15) is 16.3 Å². The number of hydrogen-bond donors (Lipinski definition) is 2. The molecule has 12 heteroatoms. The van der Waals surface area contributed by atoms with Gasteiger partial charge in [0, 0.05) is 68.7 Å². The van der Waals surface area contributed by atoms with E-state index < -0.39 is 0 Å². The van der Waals surface area contributed by atoms with E-state index in [0.717, 1.165) is 53.4 Å². The van der Waals surface area contributed by atoms with Crippen molar-refractivity contribution >= 4 is 69.1 Å². The summed E-state index contributed by atoms with van der Waals surface area (Å²) >= 11 is 8.19. The summed E-state index contributed by atoms with van der Waals surface area (Å²) in [5.74, 6) is 1.65. The minimum atomic E-state index is 0.403. The second-order valence-electron chi connectivity index (χ2n) is 11.6. The zero-order chi connectivity index (χ0) is 31.0. The maximum absolute atomic E-state index is 6.61. The van der Waals surface area contributed by atoms with Gasteiger partial charge in [0.2, 0.25) is 5.95 Å². The monoisotopic (exact) mass is 633 g/mol. The van der Waals surface area contributed by atoms with Crippen LogP contribution in [0.4, 0.5) is 34.5 Å². The average molecular weight is 634 g/mol. The van der Waals surface area contributed by atoms with E-state index in [9.17, 15) is 0 Å². The second kappa shape index (κ2) is 12.8. The molecule has 2 unspecified atom stereocenters. The molecule has 0 spiro atoms. The van der Waals surface area contributed by atoms with Crippen LogP contribution in [0.1, 0.15) is 39.2 Å². The van der Waals surface area contributed by atoms with Gasteiger partial charge in [-0.15, -0.1) is 0 Å². The first-order chi connectivity index (χ1) is 21.3. The number of aromatic nitrogens is 4. The van der Waals surface area contributed by atoms with Crippen LogP contribution in [-0.2, 0) is 6.42 Å². The predicted octanol–water partition coefficient (Wildman–Crippen LogP) is 6.91. The molecule has 0 amide bonds. The third-order valence-electron chi connectivity index (χ3n) is 8.77. The number of methoxy groups -OCH3 is 1. The number of hydrogen-bond acceptors (Lipinski definition) is 11. The molecule has 44 heavy (non-hydrogen) atoms. The van der Waals surface area contributed by atoms with Crippen LogP contribution in [0.15, 0.2) is 42.9 Å². The first kappa shape index (κ1) is 30.5. The van der Waals surface area contributed by atoms with Crippen LogP contribution < -0.4 is 24.6 Å². The number of piperidine rings is 2. The fourth-order valence-electron chi connectivity index (χ4n) is 6.52. The molecule has 232 valence electrons. The van der Waals surface area contributed by atoms with Crippen molar-refractivity contribution < 1.29 is 4.74 Å². The van der Waals surface area contributed by atoms with Crippen LogP contribution in [0.25, 0.3) is 11.0 Å². The Labute approximate surface area is 268 Å². The number of rotatable bonds is 10. The van der Waals surface area contributed by atoms with E-state index in [1.807, 2.05) is 29.7 Å². The van der Waals surface area contributed by atoms with Gasteiger partial charge in [-0.1, -0.05) is 30.5 Å². The molecule has 0 radical (unpaired) electrons. The Morgan fingerprint density at radius 3 is 2.57 bits per heavy atom. The van der Waals surface area contributed by atoms with Crippen LogP contribution >= 0.6 is 23.5 Å². The molecule has 3 aliphatic heterocycles. The van der Waals surface area contributed by atoms with E-state index in [-0.39, 0.29) is 0 Å². The standard InChI is InChI=1S/C32H40ClN9OS/c1-7-20-14-26(28(43-5)15-27(20)42-18-21-8-9-22(42)17-41(21)19(2)3)38-32-36-16-23(33)31(39-32)37-25-11-10-24-29(35-13-12-34-24)30(25)40(4)44-6/h10-16,19,21-22H,7-9,17-18H2,1-6H3,(H2,36,37,38,39). The molecule has 10 nitrogen and oxygen atoms in total. The van der Waals surface area contributed by atoms with Gasteiger partial charge in [0.25, 0.3) is 0 Å². The molecule has 3 aliphatic rings. The lowest BCUT2D eigenvalue weighted by molar-refractivity contribution is 0.0672. The Hall–Kier alpha value is -3.54. The Kier molecular flexibility index (Phi) is 8.89. The van der Waals surface area contributed by atoms with Crippen molar-refractivity contribution in [2.75, 3.05) is 53.3 Å². The first-order valence-corrected chi connectivity index (χ1v) is 16.7. The lowest BCUT2D eigenvalue weighted by atomic mass is 9.88. The summed E-state index contributed by atoms with van der Waals surface area (Å²) in [7, 11) is 3.70. The molecule has 2 aromatic heterocycles. The Morgan fingerprint density at radius 1 is 1.07 bits per heavy atom. The highest BCUT2D eigenvalue weighted by molar-refractivity contribution is 7.99. The van der Waals surface area contributed by atoms with Gasteiger partial charge in [-0.2, -0.15) is 4.98 Å². The maximum Gasteiger partial charge on any atom is 0.229 e. The van der Waals surface area contributed by atoms with E-state index in [1.165, 1.54) is 24.1 Å². The molecule has 2 N–H and O–H groups in total. The number of anilines is 6. The van der Waals surface area contributed by atoms with Gasteiger partial charge in [0.05, 0.1) is 35.9 Å². The highest BCUT2D eigenvalue weighted by Gasteiger charge is 2.40. The topological polar surface area (TPSA) is 94.6 Å². The third kappa shape index (κ3) is 5.80. The molecule has 2 bridgehead atoms. The van der Waals surface area contributed by atoms with E-state index >= 15 is 0 Å². The highest BCUT2D eigenvalue weighted by Crippen LogP contribution is 2.41. The molecular formula is C32H40ClN9OS. The average Bonchev–Trinajstić information content (AvgIpc) is 3.05. The largest absolute Gasteiger partial charge is 0.494 e. The summed E-state index contributed by atoms with van der Waals surface area (Å²) in [6, 6.07) is 9.93. The van der Waals surface area contributed by atoms with Gasteiger partial charge < -0.3 is 24.6 Å². The zero-order valence-corrected chi connectivity index (χ0v) is 27.7. The molecule has 0 aliphatic carbocycles. The van der Waals surface area contributed by atoms with Crippen molar-refractivity contribution in [3.8, 4) is 5.75 Å². The first-order valence-electron chi connectivity index (χ1n) is 15.1. The zero-order valence-electron chi connectivity index (χ0n) is 26.1. The van der Waals surface area contributed by atoms with Gasteiger partial charge in [-0.25, -0.2) is 4.98 Å². The summed E-state index contributed by atoms with van der Waals surface area (Å²) in [5, 5.41) is 7.23. The number of ether oxygens (including phenoxy) is 1. The third-order valence-corrected chi connectivity index (χ3v) is 9.78. The fourth-order valence-corrected chi connectivity index (χ4v) is 7.02. The molecule has 2 atom stereocenters. The molecule has 5 heterocycles. The highest BCUT2D eigenvalue weighted by atomic mass is 35.5. The Bertz CT molecular complexity index is 1650. The fraction of sp³-hybridized carbons (Fsp3) is 0.438. The van der Waals surface area contributed by atoms with E-state index in [2.05, 4.69) is 68.3 Å². The summed E-state index contributed by atoms with van der Waals surface area (Å²) in [6.45, 7) is 8.99. The van der Waals surface area contributed by atoms with Crippen molar-refractivity contribution in [3.05, 3.63) is 53.4 Å². The summed E-state index contributed by atoms with van der Waals surface area (Å²) in [4.78, 5) is 23.6. The number of nitrogens with zero attached hydrogens (tertiary/aromatic N) is 7. The molecule has 2 aromatic carbocycles. The summed E-state index contributed by atoms with van der Waals surface area (Å²) in [6.07, 6.45) is 10.4. The van der Waals surface area contributed by atoms with Crippen molar-refractivity contribution in [2.45, 2.75) is 58.2 Å². The van der Waals surface area contributed by atoms with Crippen LogP contribution in [-0.4, -0.2) is 76.5 Å². The minimum absolute atomic E-state index is 0.403. The lowest BCUT2D eigenvalue weighted by Gasteiger charge is -2.54. The predicted molar refractivity (Wildman–Crippen MR) is 183 cm³/mol. The van der Waals surface area contributed by atoms with Crippen LogP contribution in [0, 0.1) is 0 Å². The van der Waals surface area contributed by atoms with Crippen LogP contribution in [0.2, 0.25) is 5.02 Å².